The van der Waals surface area contributed by atoms with Gasteiger partial charge in [-0.05, 0) is 45.9 Å². The molecule has 110 valence electrons. The Morgan fingerprint density at radius 1 is 1.55 bits per heavy atom. The smallest absolute Gasteiger partial charge is 0.255 e. The number of amides is 1. The molecule has 0 radical (unpaired) electrons. The van der Waals surface area contributed by atoms with Gasteiger partial charge in [-0.3, -0.25) is 4.79 Å². The van der Waals surface area contributed by atoms with E-state index in [1.807, 2.05) is 13.0 Å². The van der Waals surface area contributed by atoms with Gasteiger partial charge in [0.15, 0.2) is 0 Å². The number of aromatic nitrogens is 1. The molecule has 1 aliphatic rings. The summed E-state index contributed by atoms with van der Waals surface area (Å²) in [6.07, 6.45) is 3.70. The molecule has 2 rings (SSSR count). The van der Waals surface area contributed by atoms with Gasteiger partial charge in [-0.15, -0.1) is 0 Å². The van der Waals surface area contributed by atoms with Crippen LogP contribution in [0.5, 0.6) is 0 Å². The molecule has 1 saturated heterocycles. The van der Waals surface area contributed by atoms with E-state index in [4.69, 9.17) is 0 Å². The molecule has 1 fully saturated rings. The Morgan fingerprint density at radius 3 is 3.05 bits per heavy atom. The maximum atomic E-state index is 12.4. The Balaban J connectivity index is 2.01. The Kier molecular flexibility index (Phi) is 4.95. The molecule has 0 bridgehead atoms. The van der Waals surface area contributed by atoms with Gasteiger partial charge in [-0.25, -0.2) is 4.98 Å². The van der Waals surface area contributed by atoms with Crippen LogP contribution in [0.4, 0.5) is 5.82 Å². The first-order chi connectivity index (χ1) is 9.61. The second kappa shape index (κ2) is 6.70. The predicted molar refractivity (Wildman–Crippen MR) is 81.0 cm³/mol. The van der Waals surface area contributed by atoms with Gasteiger partial charge in [0.05, 0.1) is 5.56 Å². The summed E-state index contributed by atoms with van der Waals surface area (Å²) in [7, 11) is 2.13. The molecule has 0 saturated carbocycles. The highest BCUT2D eigenvalue weighted by Crippen LogP contribution is 2.17. The minimum atomic E-state index is -0.0317. The third-order valence-corrected chi connectivity index (χ3v) is 3.94. The Bertz CT molecular complexity index is 463. The van der Waals surface area contributed by atoms with Crippen LogP contribution in [0.2, 0.25) is 0 Å². The van der Waals surface area contributed by atoms with Crippen LogP contribution in [0.3, 0.4) is 0 Å². The van der Waals surface area contributed by atoms with Gasteiger partial charge in [0.1, 0.15) is 5.82 Å². The van der Waals surface area contributed by atoms with E-state index in [2.05, 4.69) is 34.5 Å². The van der Waals surface area contributed by atoms with Crippen LogP contribution in [0.15, 0.2) is 18.3 Å². The van der Waals surface area contributed by atoms with Crippen LogP contribution < -0.4 is 10.6 Å². The maximum absolute atomic E-state index is 12.4. The lowest BCUT2D eigenvalue weighted by Gasteiger charge is -2.35. The number of nitrogens with one attached hydrogen (secondary N) is 2. The van der Waals surface area contributed by atoms with E-state index >= 15 is 0 Å². The van der Waals surface area contributed by atoms with Gasteiger partial charge in [0.2, 0.25) is 0 Å². The molecule has 20 heavy (non-hydrogen) atoms. The monoisotopic (exact) mass is 276 g/mol. The van der Waals surface area contributed by atoms with Crippen LogP contribution in [-0.2, 0) is 0 Å². The lowest BCUT2D eigenvalue weighted by molar-refractivity contribution is 0.0897. The first-order valence-electron chi connectivity index (χ1n) is 7.31. The van der Waals surface area contributed by atoms with Crippen molar-refractivity contribution in [3.63, 3.8) is 0 Å². The van der Waals surface area contributed by atoms with Gasteiger partial charge in [0.25, 0.3) is 5.91 Å². The van der Waals surface area contributed by atoms with E-state index in [1.54, 1.807) is 12.3 Å². The minimum Gasteiger partial charge on any atom is -0.370 e. The van der Waals surface area contributed by atoms with Gasteiger partial charge in [-0.1, -0.05) is 0 Å². The number of hydrogen-bond donors (Lipinski definition) is 2. The molecule has 1 aromatic rings. The number of likely N-dealkylation sites (tertiary alicyclic amines) is 1. The van der Waals surface area contributed by atoms with Crippen LogP contribution in [0.25, 0.3) is 0 Å². The summed E-state index contributed by atoms with van der Waals surface area (Å²) in [5.74, 6) is 0.629. The second-order valence-corrected chi connectivity index (χ2v) is 5.45. The number of piperidine rings is 1. The zero-order valence-corrected chi connectivity index (χ0v) is 12.5. The van der Waals surface area contributed by atoms with Gasteiger partial charge in [-0.2, -0.15) is 0 Å². The van der Waals surface area contributed by atoms with Crippen LogP contribution in [-0.4, -0.2) is 48.0 Å². The molecule has 1 aromatic heterocycles. The van der Waals surface area contributed by atoms with Crippen molar-refractivity contribution in [3.05, 3.63) is 23.9 Å². The zero-order valence-electron chi connectivity index (χ0n) is 12.5. The highest BCUT2D eigenvalue weighted by molar-refractivity contribution is 5.98. The summed E-state index contributed by atoms with van der Waals surface area (Å²) in [6.45, 7) is 5.98. The highest BCUT2D eigenvalue weighted by Gasteiger charge is 2.24. The summed E-state index contributed by atoms with van der Waals surface area (Å²) >= 11 is 0. The normalized spacial score (nSPS) is 23.4. The third kappa shape index (κ3) is 3.48. The number of pyridine rings is 1. The molecule has 2 heterocycles. The van der Waals surface area contributed by atoms with Crippen molar-refractivity contribution in [2.45, 2.75) is 38.8 Å². The Labute approximate surface area is 120 Å². The Hall–Kier alpha value is -1.62. The average Bonchev–Trinajstić information content (AvgIpc) is 2.44. The fourth-order valence-corrected chi connectivity index (χ4v) is 2.58. The number of hydrogen-bond acceptors (Lipinski definition) is 4. The van der Waals surface area contributed by atoms with Crippen molar-refractivity contribution >= 4 is 11.7 Å². The summed E-state index contributed by atoms with van der Waals surface area (Å²) in [4.78, 5) is 19.0. The van der Waals surface area contributed by atoms with Crippen molar-refractivity contribution in [1.82, 2.24) is 15.2 Å². The van der Waals surface area contributed by atoms with E-state index in [1.165, 1.54) is 0 Å². The summed E-state index contributed by atoms with van der Waals surface area (Å²) in [5, 5.41) is 6.27. The molecule has 2 N–H and O–H groups in total. The van der Waals surface area contributed by atoms with Crippen molar-refractivity contribution < 1.29 is 4.79 Å². The first-order valence-corrected chi connectivity index (χ1v) is 7.31. The highest BCUT2D eigenvalue weighted by atomic mass is 16.1. The van der Waals surface area contributed by atoms with Crippen molar-refractivity contribution in [2.24, 2.45) is 0 Å². The van der Waals surface area contributed by atoms with E-state index in [0.717, 1.165) is 25.9 Å². The van der Waals surface area contributed by atoms with Crippen LogP contribution >= 0.6 is 0 Å². The molecule has 2 unspecified atom stereocenters. The van der Waals surface area contributed by atoms with Gasteiger partial charge in [0, 0.05) is 31.4 Å². The summed E-state index contributed by atoms with van der Waals surface area (Å²) in [6, 6.07) is 4.38. The molecule has 0 aromatic carbocycles. The van der Waals surface area contributed by atoms with E-state index < -0.39 is 0 Å². The fourth-order valence-electron chi connectivity index (χ4n) is 2.58. The number of anilines is 1. The topological polar surface area (TPSA) is 57.3 Å². The molecule has 0 spiro atoms. The lowest BCUT2D eigenvalue weighted by Crippen LogP contribution is -2.47. The van der Waals surface area contributed by atoms with E-state index in [9.17, 15) is 4.79 Å². The zero-order chi connectivity index (χ0) is 14.5. The second-order valence-electron chi connectivity index (χ2n) is 5.45. The SMILES string of the molecule is CCNc1ncccc1C(=O)NC1CCN(C)C(C)C1. The minimum absolute atomic E-state index is 0.0317. The van der Waals surface area contributed by atoms with Crippen LogP contribution in [0, 0.1) is 0 Å². The van der Waals surface area contributed by atoms with Crippen LogP contribution in [0.1, 0.15) is 37.0 Å². The number of carbonyl (C=O) groups excluding carboxylic acids is 1. The van der Waals surface area contributed by atoms with E-state index in [0.29, 0.717) is 17.4 Å². The average molecular weight is 276 g/mol. The van der Waals surface area contributed by atoms with Crippen molar-refractivity contribution in [2.75, 3.05) is 25.5 Å². The van der Waals surface area contributed by atoms with Gasteiger partial charge >= 0.3 is 0 Å². The molecule has 5 nitrogen and oxygen atoms in total. The number of nitrogens with zero attached hydrogens (tertiary/aromatic N) is 2. The van der Waals surface area contributed by atoms with Crippen molar-refractivity contribution in [3.8, 4) is 0 Å². The molecule has 0 aliphatic carbocycles. The molecular weight excluding hydrogens is 252 g/mol. The standard InChI is InChI=1S/C15H24N4O/c1-4-16-14-13(6-5-8-17-14)15(20)18-12-7-9-19(3)11(2)10-12/h5-6,8,11-12H,4,7,9-10H2,1-3H3,(H,16,17)(H,18,20). The molecular formula is C15H24N4O. The number of rotatable bonds is 4. The quantitative estimate of drug-likeness (QED) is 0.879. The molecule has 2 atom stereocenters. The van der Waals surface area contributed by atoms with Gasteiger partial charge < -0.3 is 15.5 Å². The van der Waals surface area contributed by atoms with Crippen molar-refractivity contribution in [1.29, 1.82) is 0 Å². The summed E-state index contributed by atoms with van der Waals surface area (Å²) < 4.78 is 0. The predicted octanol–water partition coefficient (Wildman–Crippen LogP) is 1.73. The lowest BCUT2D eigenvalue weighted by atomic mass is 9.98. The van der Waals surface area contributed by atoms with E-state index in [-0.39, 0.29) is 11.9 Å². The number of carbonyl (C=O) groups is 1. The maximum Gasteiger partial charge on any atom is 0.255 e. The Morgan fingerprint density at radius 2 is 2.35 bits per heavy atom. The first kappa shape index (κ1) is 14.8. The fraction of sp³-hybridized carbons (Fsp3) is 0.600. The largest absolute Gasteiger partial charge is 0.370 e. The molecule has 1 amide bonds. The summed E-state index contributed by atoms with van der Waals surface area (Å²) in [5.41, 5.74) is 0.626. The third-order valence-electron chi connectivity index (χ3n) is 3.94. The molecule has 5 heteroatoms. The molecule has 1 aliphatic heterocycles.